The number of aliphatic imine (C=N–C) groups is 1. The molecule has 96 valence electrons. The molecule has 0 saturated carbocycles. The maximum absolute atomic E-state index is 10.4. The number of hydrogen-bond acceptors (Lipinski definition) is 5. The van der Waals surface area contributed by atoms with E-state index in [0.717, 1.165) is 5.75 Å². The second-order valence-electron chi connectivity index (χ2n) is 3.79. The Morgan fingerprint density at radius 3 is 2.42 bits per heavy atom. The number of nitrogens with zero attached hydrogens (tertiary/aromatic N) is 2. The fraction of sp³-hybridized carbons (Fsp3) is 0.0714. The first-order chi connectivity index (χ1) is 9.22. The molecule has 0 fully saturated rings. The molecule has 5 nitrogen and oxygen atoms in total. The van der Waals surface area contributed by atoms with Crippen molar-refractivity contribution >= 4 is 17.6 Å². The highest BCUT2D eigenvalue weighted by molar-refractivity contribution is 5.86. The molecule has 0 aromatic heterocycles. The number of aromatic hydroxyl groups is 1. The second kappa shape index (κ2) is 5.77. The fourth-order valence-electron chi connectivity index (χ4n) is 1.51. The highest BCUT2D eigenvalue weighted by Crippen LogP contribution is 2.23. The molecule has 0 aliphatic heterocycles. The first-order valence-corrected chi connectivity index (χ1v) is 5.57. The quantitative estimate of drug-likeness (QED) is 0.671. The van der Waals surface area contributed by atoms with Gasteiger partial charge in [0.1, 0.15) is 17.2 Å². The van der Waals surface area contributed by atoms with Gasteiger partial charge in [-0.25, -0.2) is 0 Å². The number of rotatable bonds is 4. The van der Waals surface area contributed by atoms with E-state index in [-0.39, 0.29) is 11.4 Å². The molecule has 5 heteroatoms. The standard InChI is InChI=1S/C14H12N2O3/c1-19-13-5-2-11(3-6-13)15-9-10-8-12(16-18)4-7-14(10)17/h2-9,17H,1H3. The van der Waals surface area contributed by atoms with Gasteiger partial charge in [-0.05, 0) is 47.6 Å². The molecule has 0 heterocycles. The summed E-state index contributed by atoms with van der Waals surface area (Å²) in [6.45, 7) is 0. The Morgan fingerprint density at radius 1 is 1.11 bits per heavy atom. The minimum atomic E-state index is 0.0460. The zero-order valence-electron chi connectivity index (χ0n) is 10.3. The van der Waals surface area contributed by atoms with Crippen molar-refractivity contribution in [2.45, 2.75) is 0 Å². The van der Waals surface area contributed by atoms with Crippen molar-refractivity contribution in [3.05, 3.63) is 52.9 Å². The number of phenolic OH excluding ortho intramolecular Hbond substituents is 1. The number of hydrogen-bond donors (Lipinski definition) is 1. The van der Waals surface area contributed by atoms with E-state index in [1.807, 2.05) is 0 Å². The second-order valence-corrected chi connectivity index (χ2v) is 3.79. The van der Waals surface area contributed by atoms with Gasteiger partial charge in [0.2, 0.25) is 0 Å². The van der Waals surface area contributed by atoms with E-state index in [9.17, 15) is 10.0 Å². The van der Waals surface area contributed by atoms with Crippen LogP contribution in [0, 0.1) is 4.91 Å². The van der Waals surface area contributed by atoms with E-state index in [4.69, 9.17) is 4.74 Å². The lowest BCUT2D eigenvalue weighted by molar-refractivity contribution is 0.415. The van der Waals surface area contributed by atoms with Crippen molar-refractivity contribution < 1.29 is 9.84 Å². The van der Waals surface area contributed by atoms with Gasteiger partial charge in [-0.3, -0.25) is 4.99 Å². The highest BCUT2D eigenvalue weighted by atomic mass is 16.5. The third kappa shape index (κ3) is 3.16. The van der Waals surface area contributed by atoms with Crippen LogP contribution in [-0.2, 0) is 0 Å². The molecule has 2 rings (SSSR count). The minimum absolute atomic E-state index is 0.0460. The zero-order valence-corrected chi connectivity index (χ0v) is 10.3. The van der Waals surface area contributed by atoms with Crippen LogP contribution in [-0.4, -0.2) is 18.4 Å². The maximum atomic E-state index is 10.4. The van der Waals surface area contributed by atoms with E-state index >= 15 is 0 Å². The Morgan fingerprint density at radius 2 is 1.79 bits per heavy atom. The van der Waals surface area contributed by atoms with Crippen molar-refractivity contribution in [3.8, 4) is 11.5 Å². The maximum Gasteiger partial charge on any atom is 0.124 e. The summed E-state index contributed by atoms with van der Waals surface area (Å²) in [6.07, 6.45) is 1.48. The Labute approximate surface area is 110 Å². The predicted molar refractivity (Wildman–Crippen MR) is 73.8 cm³/mol. The van der Waals surface area contributed by atoms with Gasteiger partial charge in [0.05, 0.1) is 12.8 Å². The predicted octanol–water partition coefficient (Wildman–Crippen LogP) is 3.55. The Balaban J connectivity index is 2.23. The molecule has 1 N–H and O–H groups in total. The van der Waals surface area contributed by atoms with Gasteiger partial charge in [-0.15, -0.1) is 4.91 Å². The molecule has 0 radical (unpaired) electrons. The third-order valence-electron chi connectivity index (χ3n) is 2.54. The highest BCUT2D eigenvalue weighted by Gasteiger charge is 2.00. The van der Waals surface area contributed by atoms with Gasteiger partial charge in [0, 0.05) is 11.8 Å². The smallest absolute Gasteiger partial charge is 0.124 e. The van der Waals surface area contributed by atoms with Gasteiger partial charge in [0.15, 0.2) is 0 Å². The summed E-state index contributed by atoms with van der Waals surface area (Å²) in [5.74, 6) is 0.790. The average molecular weight is 256 g/mol. The lowest BCUT2D eigenvalue weighted by atomic mass is 10.2. The monoisotopic (exact) mass is 256 g/mol. The largest absolute Gasteiger partial charge is 0.507 e. The number of phenols is 1. The van der Waals surface area contributed by atoms with Crippen molar-refractivity contribution in [1.82, 2.24) is 0 Å². The molecular formula is C14H12N2O3. The topological polar surface area (TPSA) is 71.2 Å². The van der Waals surface area contributed by atoms with Gasteiger partial charge < -0.3 is 9.84 Å². The van der Waals surface area contributed by atoms with E-state index in [1.54, 1.807) is 31.4 Å². The van der Waals surface area contributed by atoms with E-state index < -0.39 is 0 Å². The van der Waals surface area contributed by atoms with Crippen molar-refractivity contribution in [1.29, 1.82) is 0 Å². The fourth-order valence-corrected chi connectivity index (χ4v) is 1.51. The van der Waals surface area contributed by atoms with Gasteiger partial charge in [0.25, 0.3) is 0 Å². The molecule has 0 unspecified atom stereocenters. The summed E-state index contributed by atoms with van der Waals surface area (Å²) >= 11 is 0. The average Bonchev–Trinajstić information content (AvgIpc) is 2.47. The molecule has 0 aliphatic carbocycles. The normalized spacial score (nSPS) is 10.6. The van der Waals surface area contributed by atoms with Gasteiger partial charge in [-0.2, -0.15) is 0 Å². The summed E-state index contributed by atoms with van der Waals surface area (Å²) in [5, 5.41) is 12.4. The van der Waals surface area contributed by atoms with Crippen LogP contribution < -0.4 is 4.74 Å². The van der Waals surface area contributed by atoms with Crippen LogP contribution in [0.3, 0.4) is 0 Å². The summed E-state index contributed by atoms with van der Waals surface area (Å²) < 4.78 is 5.04. The van der Waals surface area contributed by atoms with Crippen LogP contribution in [0.25, 0.3) is 0 Å². The van der Waals surface area contributed by atoms with Crippen LogP contribution in [0.5, 0.6) is 11.5 Å². The minimum Gasteiger partial charge on any atom is -0.507 e. The SMILES string of the molecule is COc1ccc(N=Cc2cc(N=O)ccc2O)cc1. The van der Waals surface area contributed by atoms with Crippen LogP contribution in [0.15, 0.2) is 52.6 Å². The van der Waals surface area contributed by atoms with E-state index in [1.165, 1.54) is 24.4 Å². The summed E-state index contributed by atoms with van der Waals surface area (Å²) in [4.78, 5) is 14.6. The number of ether oxygens (including phenoxy) is 1. The van der Waals surface area contributed by atoms with Crippen LogP contribution in [0.2, 0.25) is 0 Å². The van der Waals surface area contributed by atoms with Gasteiger partial charge >= 0.3 is 0 Å². The van der Waals surface area contributed by atoms with Crippen molar-refractivity contribution in [2.75, 3.05) is 7.11 Å². The molecule has 0 aliphatic rings. The molecule has 0 bridgehead atoms. The Hall–Kier alpha value is -2.69. The number of benzene rings is 2. The van der Waals surface area contributed by atoms with Crippen molar-refractivity contribution in [3.63, 3.8) is 0 Å². The Bertz CT molecular complexity index is 607. The molecule has 0 atom stereocenters. The summed E-state index contributed by atoms with van der Waals surface area (Å²) in [7, 11) is 1.59. The molecule has 0 spiro atoms. The summed E-state index contributed by atoms with van der Waals surface area (Å²) in [5.41, 5.74) is 1.39. The molecular weight excluding hydrogens is 244 g/mol. The third-order valence-corrected chi connectivity index (χ3v) is 2.54. The van der Waals surface area contributed by atoms with Crippen LogP contribution >= 0.6 is 0 Å². The first-order valence-electron chi connectivity index (χ1n) is 5.57. The lowest BCUT2D eigenvalue weighted by Gasteiger charge is -2.00. The van der Waals surface area contributed by atoms with Gasteiger partial charge in [-0.1, -0.05) is 0 Å². The molecule has 0 amide bonds. The van der Waals surface area contributed by atoms with Crippen LogP contribution in [0.1, 0.15) is 5.56 Å². The van der Waals surface area contributed by atoms with E-state index in [2.05, 4.69) is 10.2 Å². The van der Waals surface area contributed by atoms with Crippen LogP contribution in [0.4, 0.5) is 11.4 Å². The molecule has 2 aromatic rings. The Kier molecular flexibility index (Phi) is 3.87. The summed E-state index contributed by atoms with van der Waals surface area (Å²) in [6, 6.07) is 11.5. The van der Waals surface area contributed by atoms with Crippen molar-refractivity contribution in [2.24, 2.45) is 10.2 Å². The molecule has 2 aromatic carbocycles. The zero-order chi connectivity index (χ0) is 13.7. The number of nitroso groups, excluding NO2 is 1. The molecule has 0 saturated heterocycles. The lowest BCUT2D eigenvalue weighted by Crippen LogP contribution is -1.82. The van der Waals surface area contributed by atoms with E-state index in [0.29, 0.717) is 11.3 Å². The number of methoxy groups -OCH3 is 1. The molecule has 19 heavy (non-hydrogen) atoms. The first kappa shape index (κ1) is 12.8.